The number of aromatic hydroxyl groups is 1. The molecule has 3 amide bonds. The Morgan fingerprint density at radius 1 is 0.941 bits per heavy atom. The van der Waals surface area contributed by atoms with Crippen molar-refractivity contribution in [2.45, 2.75) is 18.0 Å². The number of fused-ring (bicyclic) bond motifs is 4. The topological polar surface area (TPSA) is 98.7 Å². The Bertz CT molecular complexity index is 1360. The number of phenolic OH excluding ortho intramolecular Hbond substituents is 1. The van der Waals surface area contributed by atoms with Crippen LogP contribution in [0.4, 0.5) is 11.4 Å². The number of halogens is 1. The maximum atomic E-state index is 13.9. The van der Waals surface area contributed by atoms with E-state index in [0.29, 0.717) is 28.4 Å². The van der Waals surface area contributed by atoms with Crippen molar-refractivity contribution in [2.75, 3.05) is 10.2 Å². The van der Waals surface area contributed by atoms with Gasteiger partial charge in [-0.05, 0) is 48.4 Å². The Morgan fingerprint density at radius 3 is 2.47 bits per heavy atom. The molecule has 3 heterocycles. The predicted molar refractivity (Wildman–Crippen MR) is 126 cm³/mol. The van der Waals surface area contributed by atoms with Crippen molar-refractivity contribution in [1.29, 1.82) is 0 Å². The largest absolute Gasteiger partial charge is 0.508 e. The molecule has 0 radical (unpaired) electrons. The highest BCUT2D eigenvalue weighted by Gasteiger charge is 2.70. The SMILES string of the molecule is O=C1[C@@H]2[C@H](Cc3ccc(O)cc3)N[C@]3(C(=O)Nc4ccccc43)[C@@H]2C(=O)N1c1cccc(Cl)c1. The lowest BCUT2D eigenvalue weighted by Gasteiger charge is -2.29. The summed E-state index contributed by atoms with van der Waals surface area (Å²) in [7, 11) is 0. The highest BCUT2D eigenvalue weighted by molar-refractivity contribution is 6.31. The van der Waals surface area contributed by atoms with Crippen molar-refractivity contribution in [2.24, 2.45) is 11.8 Å². The standard InChI is InChI=1S/C26H20ClN3O4/c27-15-4-3-5-16(13-15)30-23(32)21-20(12-14-8-10-17(31)11-9-14)29-26(22(21)24(30)33)18-6-1-2-7-19(18)28-25(26)34/h1-11,13,20-22,29,31H,12H2,(H,28,34)/t20-,21+,22-,26-/m0/s1. The second kappa shape index (κ2) is 7.41. The molecule has 3 aliphatic rings. The van der Waals surface area contributed by atoms with Gasteiger partial charge in [0.1, 0.15) is 11.3 Å². The summed E-state index contributed by atoms with van der Waals surface area (Å²) in [5.74, 6) is -2.65. The van der Waals surface area contributed by atoms with E-state index in [0.717, 1.165) is 5.56 Å². The van der Waals surface area contributed by atoms with Gasteiger partial charge in [-0.3, -0.25) is 19.7 Å². The Morgan fingerprint density at radius 2 is 1.71 bits per heavy atom. The van der Waals surface area contributed by atoms with E-state index in [1.54, 1.807) is 54.6 Å². The molecule has 0 aromatic heterocycles. The fraction of sp³-hybridized carbons (Fsp3) is 0.192. The average molecular weight is 474 g/mol. The van der Waals surface area contributed by atoms with Gasteiger partial charge in [0.15, 0.2) is 0 Å². The summed E-state index contributed by atoms with van der Waals surface area (Å²) in [6.07, 6.45) is 0.404. The van der Waals surface area contributed by atoms with Crippen molar-refractivity contribution in [3.05, 3.63) is 88.9 Å². The number of hydrogen-bond donors (Lipinski definition) is 3. The molecular weight excluding hydrogens is 454 g/mol. The lowest BCUT2D eigenvalue weighted by atomic mass is 9.76. The van der Waals surface area contributed by atoms with Crippen LogP contribution in [-0.4, -0.2) is 28.9 Å². The Kier molecular flexibility index (Phi) is 4.56. The van der Waals surface area contributed by atoms with Crippen LogP contribution in [0, 0.1) is 11.8 Å². The molecule has 8 heteroatoms. The summed E-state index contributed by atoms with van der Waals surface area (Å²) in [5.41, 5.74) is 1.20. The summed E-state index contributed by atoms with van der Waals surface area (Å²) in [4.78, 5) is 42.3. The van der Waals surface area contributed by atoms with E-state index in [1.807, 2.05) is 18.2 Å². The van der Waals surface area contributed by atoms with Gasteiger partial charge in [0.25, 0.3) is 0 Å². The van der Waals surface area contributed by atoms with Gasteiger partial charge < -0.3 is 10.4 Å². The Balaban J connectivity index is 1.49. The quantitative estimate of drug-likeness (QED) is 0.507. The van der Waals surface area contributed by atoms with Crippen molar-refractivity contribution >= 4 is 40.7 Å². The second-order valence-electron chi connectivity index (χ2n) is 8.92. The van der Waals surface area contributed by atoms with Crippen molar-refractivity contribution < 1.29 is 19.5 Å². The fourth-order valence-corrected chi connectivity index (χ4v) is 5.87. The smallest absolute Gasteiger partial charge is 0.250 e. The minimum atomic E-state index is -1.36. The van der Waals surface area contributed by atoms with E-state index in [9.17, 15) is 19.5 Å². The lowest BCUT2D eigenvalue weighted by Crippen LogP contribution is -2.53. The molecule has 3 aliphatic heterocycles. The molecule has 2 fully saturated rings. The summed E-state index contributed by atoms with van der Waals surface area (Å²) >= 11 is 6.15. The molecule has 7 nitrogen and oxygen atoms in total. The number of benzene rings is 3. The van der Waals surface area contributed by atoms with Crippen LogP contribution in [0.25, 0.3) is 0 Å². The molecule has 170 valence electrons. The average Bonchev–Trinajstić information content (AvgIpc) is 3.40. The number of imide groups is 1. The summed E-state index contributed by atoms with van der Waals surface area (Å²) in [5, 5.41) is 16.4. The summed E-state index contributed by atoms with van der Waals surface area (Å²) < 4.78 is 0. The lowest BCUT2D eigenvalue weighted by molar-refractivity contribution is -0.130. The van der Waals surface area contributed by atoms with Gasteiger partial charge in [-0.15, -0.1) is 0 Å². The molecule has 4 atom stereocenters. The van der Waals surface area contributed by atoms with E-state index in [1.165, 1.54) is 4.90 Å². The predicted octanol–water partition coefficient (Wildman–Crippen LogP) is 3.21. The minimum Gasteiger partial charge on any atom is -0.508 e. The number of carbonyl (C=O) groups is 3. The van der Waals surface area contributed by atoms with Crippen LogP contribution in [0.2, 0.25) is 5.02 Å². The first kappa shape index (κ1) is 20.9. The van der Waals surface area contributed by atoms with Crippen LogP contribution < -0.4 is 15.5 Å². The van der Waals surface area contributed by atoms with Gasteiger partial charge in [-0.25, -0.2) is 4.90 Å². The van der Waals surface area contributed by atoms with Gasteiger partial charge in [-0.2, -0.15) is 0 Å². The number of nitrogens with one attached hydrogen (secondary N) is 2. The fourth-order valence-electron chi connectivity index (χ4n) is 5.69. The van der Waals surface area contributed by atoms with Gasteiger partial charge in [0, 0.05) is 22.3 Å². The van der Waals surface area contributed by atoms with Gasteiger partial charge in [-0.1, -0.05) is 48.0 Å². The zero-order valence-corrected chi connectivity index (χ0v) is 18.6. The number of carbonyl (C=O) groups excluding carboxylic acids is 3. The van der Waals surface area contributed by atoms with Crippen LogP contribution in [0.1, 0.15) is 11.1 Å². The van der Waals surface area contributed by atoms with E-state index in [-0.39, 0.29) is 17.6 Å². The van der Waals surface area contributed by atoms with Gasteiger partial charge >= 0.3 is 0 Å². The monoisotopic (exact) mass is 473 g/mol. The molecule has 0 saturated carbocycles. The van der Waals surface area contributed by atoms with E-state index >= 15 is 0 Å². The van der Waals surface area contributed by atoms with E-state index in [4.69, 9.17) is 11.6 Å². The zero-order chi connectivity index (χ0) is 23.6. The third-order valence-corrected chi connectivity index (χ3v) is 7.32. The number of para-hydroxylation sites is 1. The Labute approximate surface area is 200 Å². The first-order valence-corrected chi connectivity index (χ1v) is 11.4. The molecule has 3 aromatic rings. The number of anilines is 2. The molecule has 0 aliphatic carbocycles. The van der Waals surface area contributed by atoms with E-state index < -0.39 is 29.3 Å². The maximum Gasteiger partial charge on any atom is 0.250 e. The van der Waals surface area contributed by atoms with Crippen LogP contribution in [-0.2, 0) is 26.3 Å². The summed E-state index contributed by atoms with van der Waals surface area (Å²) in [6.45, 7) is 0. The third-order valence-electron chi connectivity index (χ3n) is 7.08. The van der Waals surface area contributed by atoms with Crippen LogP contribution >= 0.6 is 11.6 Å². The zero-order valence-electron chi connectivity index (χ0n) is 17.9. The number of nitrogens with zero attached hydrogens (tertiary/aromatic N) is 1. The molecule has 0 bridgehead atoms. The second-order valence-corrected chi connectivity index (χ2v) is 9.36. The molecule has 6 rings (SSSR count). The number of rotatable bonds is 3. The van der Waals surface area contributed by atoms with Gasteiger partial charge in [0.05, 0.1) is 17.5 Å². The molecule has 3 N–H and O–H groups in total. The molecular formula is C26H20ClN3O4. The molecule has 1 spiro atoms. The van der Waals surface area contributed by atoms with Crippen molar-refractivity contribution in [1.82, 2.24) is 5.32 Å². The normalized spacial score (nSPS) is 27.3. The van der Waals surface area contributed by atoms with Crippen LogP contribution in [0.15, 0.2) is 72.8 Å². The van der Waals surface area contributed by atoms with E-state index in [2.05, 4.69) is 10.6 Å². The highest BCUT2D eigenvalue weighted by Crippen LogP contribution is 2.53. The molecule has 2 saturated heterocycles. The van der Waals surface area contributed by atoms with Gasteiger partial charge in [0.2, 0.25) is 17.7 Å². The van der Waals surface area contributed by atoms with Crippen molar-refractivity contribution in [3.63, 3.8) is 0 Å². The molecule has 34 heavy (non-hydrogen) atoms. The number of hydrogen-bond acceptors (Lipinski definition) is 5. The third kappa shape index (κ3) is 2.84. The molecule has 0 unspecified atom stereocenters. The van der Waals surface area contributed by atoms with Crippen molar-refractivity contribution in [3.8, 4) is 5.75 Å². The minimum absolute atomic E-state index is 0.140. The first-order valence-electron chi connectivity index (χ1n) is 11.0. The highest BCUT2D eigenvalue weighted by atomic mass is 35.5. The maximum absolute atomic E-state index is 13.9. The number of phenols is 1. The molecule has 3 aromatic carbocycles. The van der Waals surface area contributed by atoms with Crippen LogP contribution in [0.3, 0.4) is 0 Å². The first-order chi connectivity index (χ1) is 16.4. The Hall–Kier alpha value is -3.68. The summed E-state index contributed by atoms with van der Waals surface area (Å²) in [6, 6.07) is 20.1. The van der Waals surface area contributed by atoms with Crippen LogP contribution in [0.5, 0.6) is 5.75 Å². The number of amides is 3.